The van der Waals surface area contributed by atoms with Gasteiger partial charge in [0.1, 0.15) is 12.4 Å². The molecule has 0 atom stereocenters. The number of ether oxygens (including phenoxy) is 1. The van der Waals surface area contributed by atoms with Gasteiger partial charge in [0.15, 0.2) is 0 Å². The Bertz CT molecular complexity index is 1470. The molecule has 0 saturated heterocycles. The fourth-order valence-electron chi connectivity index (χ4n) is 3.34. The van der Waals surface area contributed by atoms with Gasteiger partial charge in [-0.25, -0.2) is 13.8 Å². The molecule has 0 aliphatic carbocycles. The van der Waals surface area contributed by atoms with Crippen LogP contribution in [0.4, 0.5) is 5.69 Å². The molecule has 0 spiro atoms. The molecule has 0 heterocycles. The number of halogens is 1. The van der Waals surface area contributed by atoms with E-state index in [9.17, 15) is 13.2 Å². The highest BCUT2D eigenvalue weighted by Crippen LogP contribution is 2.22. The molecule has 1 N–H and O–H groups in total. The summed E-state index contributed by atoms with van der Waals surface area (Å²) >= 11 is 5.89. The molecule has 0 aliphatic rings. The number of nitrogens with zero attached hydrogens (tertiary/aromatic N) is 2. The number of hydrogen-bond acceptors (Lipinski definition) is 5. The van der Waals surface area contributed by atoms with Crippen LogP contribution in [0.5, 0.6) is 5.75 Å². The molecule has 9 heteroatoms. The molecule has 37 heavy (non-hydrogen) atoms. The molecule has 4 rings (SSSR count). The number of benzene rings is 4. The van der Waals surface area contributed by atoms with E-state index >= 15 is 0 Å². The van der Waals surface area contributed by atoms with Gasteiger partial charge in [-0.05, 0) is 83.9 Å². The largest absolute Gasteiger partial charge is 0.489 e. The fraction of sp³-hybridized carbons (Fsp3) is 0.0714. The summed E-state index contributed by atoms with van der Waals surface area (Å²) in [5.74, 6) is 0.287. The Hall–Kier alpha value is -4.14. The van der Waals surface area contributed by atoms with Crippen LogP contribution in [-0.4, -0.2) is 27.6 Å². The Balaban J connectivity index is 1.30. The molecule has 0 bridgehead atoms. The molecule has 0 radical (unpaired) electrons. The first-order valence-corrected chi connectivity index (χ1v) is 13.1. The van der Waals surface area contributed by atoms with Crippen molar-refractivity contribution in [1.82, 2.24) is 5.43 Å². The van der Waals surface area contributed by atoms with E-state index in [0.717, 1.165) is 11.1 Å². The second-order valence-corrected chi connectivity index (χ2v) is 10.4. The average molecular weight is 534 g/mol. The number of nitrogens with one attached hydrogen (secondary N) is 1. The van der Waals surface area contributed by atoms with Crippen LogP contribution in [-0.2, 0) is 16.6 Å². The summed E-state index contributed by atoms with van der Waals surface area (Å²) in [6, 6.07) is 29.1. The fourth-order valence-corrected chi connectivity index (χ4v) is 4.68. The van der Waals surface area contributed by atoms with E-state index in [1.54, 1.807) is 42.5 Å². The summed E-state index contributed by atoms with van der Waals surface area (Å²) in [6.45, 7) is 0.424. The van der Waals surface area contributed by atoms with Crippen LogP contribution in [0.2, 0.25) is 5.02 Å². The minimum absolute atomic E-state index is 0.190. The van der Waals surface area contributed by atoms with E-state index < -0.39 is 15.9 Å². The molecule has 4 aromatic rings. The maximum absolute atomic E-state index is 12.8. The standard InChI is InChI=1S/C28H24ClN3O4S/c1-32(37(34,35)27-5-3-2-4-6-27)25-15-11-23(12-16-25)28(33)31-30-19-21-9-17-26(18-10-21)36-20-22-7-13-24(29)14-8-22/h2-19H,20H2,1H3,(H,31,33)/b30-19-. The van der Waals surface area contributed by atoms with Crippen molar-refractivity contribution in [2.75, 3.05) is 11.4 Å². The van der Waals surface area contributed by atoms with Crippen LogP contribution in [0.25, 0.3) is 0 Å². The van der Waals surface area contributed by atoms with Crippen molar-refractivity contribution in [2.24, 2.45) is 5.10 Å². The number of anilines is 1. The number of rotatable bonds is 9. The smallest absolute Gasteiger partial charge is 0.271 e. The van der Waals surface area contributed by atoms with Gasteiger partial charge in [-0.1, -0.05) is 41.9 Å². The van der Waals surface area contributed by atoms with Crippen molar-refractivity contribution in [1.29, 1.82) is 0 Å². The minimum Gasteiger partial charge on any atom is -0.489 e. The molecular weight excluding hydrogens is 510 g/mol. The second-order valence-electron chi connectivity index (χ2n) is 8.02. The van der Waals surface area contributed by atoms with Crippen molar-refractivity contribution in [3.8, 4) is 5.75 Å². The van der Waals surface area contributed by atoms with E-state index in [2.05, 4.69) is 10.5 Å². The summed E-state index contributed by atoms with van der Waals surface area (Å²) < 4.78 is 32.5. The summed E-state index contributed by atoms with van der Waals surface area (Å²) in [6.07, 6.45) is 1.52. The van der Waals surface area contributed by atoms with Crippen LogP contribution < -0.4 is 14.5 Å². The number of amides is 1. The summed E-state index contributed by atoms with van der Waals surface area (Å²) in [5.41, 5.74) is 5.04. The van der Waals surface area contributed by atoms with Gasteiger partial charge < -0.3 is 4.74 Å². The monoisotopic (exact) mass is 533 g/mol. The van der Waals surface area contributed by atoms with Crippen LogP contribution in [0.3, 0.4) is 0 Å². The zero-order chi connectivity index (χ0) is 26.3. The van der Waals surface area contributed by atoms with E-state index in [-0.39, 0.29) is 4.90 Å². The van der Waals surface area contributed by atoms with Crippen molar-refractivity contribution in [3.05, 3.63) is 125 Å². The zero-order valence-corrected chi connectivity index (χ0v) is 21.5. The Morgan fingerprint density at radius 2 is 1.57 bits per heavy atom. The minimum atomic E-state index is -3.70. The van der Waals surface area contributed by atoms with Crippen LogP contribution >= 0.6 is 11.6 Å². The molecular formula is C28H24ClN3O4S. The zero-order valence-electron chi connectivity index (χ0n) is 19.9. The highest BCUT2D eigenvalue weighted by atomic mass is 35.5. The number of carbonyl (C=O) groups is 1. The second kappa shape index (κ2) is 11.7. The topological polar surface area (TPSA) is 88.1 Å². The third-order valence-corrected chi connectivity index (χ3v) is 7.53. The Morgan fingerprint density at radius 1 is 0.919 bits per heavy atom. The molecule has 0 saturated carbocycles. The van der Waals surface area contributed by atoms with Gasteiger partial charge in [-0.15, -0.1) is 0 Å². The summed E-state index contributed by atoms with van der Waals surface area (Å²) in [7, 11) is -2.23. The first kappa shape index (κ1) is 25.9. The van der Waals surface area contributed by atoms with Crippen LogP contribution in [0, 0.1) is 0 Å². The van der Waals surface area contributed by atoms with E-state index in [1.165, 1.54) is 29.7 Å². The molecule has 0 unspecified atom stereocenters. The number of hydrogen-bond donors (Lipinski definition) is 1. The van der Waals surface area contributed by atoms with Gasteiger partial charge in [0.2, 0.25) is 0 Å². The van der Waals surface area contributed by atoms with E-state index in [1.807, 2.05) is 48.5 Å². The number of carbonyl (C=O) groups excluding carboxylic acids is 1. The van der Waals surface area contributed by atoms with Gasteiger partial charge in [-0.3, -0.25) is 9.10 Å². The van der Waals surface area contributed by atoms with Crippen molar-refractivity contribution in [2.45, 2.75) is 11.5 Å². The highest BCUT2D eigenvalue weighted by molar-refractivity contribution is 7.92. The quantitative estimate of drug-likeness (QED) is 0.227. The molecule has 0 aliphatic heterocycles. The van der Waals surface area contributed by atoms with Crippen LogP contribution in [0.15, 0.2) is 113 Å². The van der Waals surface area contributed by atoms with Gasteiger partial charge in [0.05, 0.1) is 16.8 Å². The van der Waals surface area contributed by atoms with Crippen molar-refractivity contribution in [3.63, 3.8) is 0 Å². The lowest BCUT2D eigenvalue weighted by Gasteiger charge is -2.19. The molecule has 7 nitrogen and oxygen atoms in total. The lowest BCUT2D eigenvalue weighted by Crippen LogP contribution is -2.26. The summed E-state index contributed by atoms with van der Waals surface area (Å²) in [4.78, 5) is 12.6. The maximum atomic E-state index is 12.8. The molecule has 188 valence electrons. The first-order valence-electron chi connectivity index (χ1n) is 11.3. The van der Waals surface area contributed by atoms with Gasteiger partial charge in [0, 0.05) is 17.6 Å². The van der Waals surface area contributed by atoms with Gasteiger partial charge >= 0.3 is 0 Å². The van der Waals surface area contributed by atoms with Gasteiger partial charge in [0.25, 0.3) is 15.9 Å². The SMILES string of the molecule is CN(c1ccc(C(=O)N/N=C\c2ccc(OCc3ccc(Cl)cc3)cc2)cc1)S(=O)(=O)c1ccccc1. The molecule has 4 aromatic carbocycles. The Morgan fingerprint density at radius 3 is 2.22 bits per heavy atom. The van der Waals surface area contributed by atoms with E-state index in [4.69, 9.17) is 16.3 Å². The highest BCUT2D eigenvalue weighted by Gasteiger charge is 2.21. The first-order chi connectivity index (χ1) is 17.8. The molecule has 0 fully saturated rings. The predicted molar refractivity (Wildman–Crippen MR) is 146 cm³/mol. The lowest BCUT2D eigenvalue weighted by atomic mass is 10.2. The van der Waals surface area contributed by atoms with Crippen molar-refractivity contribution < 1.29 is 17.9 Å². The van der Waals surface area contributed by atoms with Gasteiger partial charge in [-0.2, -0.15) is 5.10 Å². The molecule has 0 aromatic heterocycles. The number of hydrazone groups is 1. The summed E-state index contributed by atoms with van der Waals surface area (Å²) in [5, 5.41) is 4.68. The molecule has 1 amide bonds. The Labute approximate surface area is 221 Å². The third-order valence-electron chi connectivity index (χ3n) is 5.47. The average Bonchev–Trinajstić information content (AvgIpc) is 2.93. The maximum Gasteiger partial charge on any atom is 0.271 e. The third kappa shape index (κ3) is 6.75. The number of sulfonamides is 1. The Kier molecular flexibility index (Phi) is 8.22. The van der Waals surface area contributed by atoms with E-state index in [0.29, 0.717) is 28.6 Å². The normalized spacial score (nSPS) is 11.3. The predicted octanol–water partition coefficient (Wildman–Crippen LogP) is 5.51. The van der Waals surface area contributed by atoms with Crippen LogP contribution in [0.1, 0.15) is 21.5 Å². The van der Waals surface area contributed by atoms with Crippen molar-refractivity contribution >= 4 is 39.4 Å². The lowest BCUT2D eigenvalue weighted by molar-refractivity contribution is 0.0955.